The SMILES string of the molecule is Cc1oc(Cc2ccccc2)nc1C1CCCNC1. The molecule has 1 aliphatic rings. The van der Waals surface area contributed by atoms with Crippen LogP contribution in [0.3, 0.4) is 0 Å². The van der Waals surface area contributed by atoms with Crippen LogP contribution in [0, 0.1) is 6.92 Å². The molecule has 2 heterocycles. The number of rotatable bonds is 3. The van der Waals surface area contributed by atoms with E-state index < -0.39 is 0 Å². The van der Waals surface area contributed by atoms with Crippen LogP contribution in [0.5, 0.6) is 0 Å². The van der Waals surface area contributed by atoms with Gasteiger partial charge in [-0.15, -0.1) is 0 Å². The molecule has 0 amide bonds. The molecule has 100 valence electrons. The van der Waals surface area contributed by atoms with Gasteiger partial charge in [0.2, 0.25) is 0 Å². The number of aromatic nitrogens is 1. The number of nitrogens with zero attached hydrogens (tertiary/aromatic N) is 1. The molecule has 0 radical (unpaired) electrons. The van der Waals surface area contributed by atoms with Crippen LogP contribution in [0.4, 0.5) is 0 Å². The quantitative estimate of drug-likeness (QED) is 0.917. The fourth-order valence-electron chi connectivity index (χ4n) is 2.77. The first-order chi connectivity index (χ1) is 9.33. The van der Waals surface area contributed by atoms with Gasteiger partial charge in [-0.25, -0.2) is 4.98 Å². The molecule has 3 rings (SSSR count). The Balaban J connectivity index is 1.77. The summed E-state index contributed by atoms with van der Waals surface area (Å²) in [7, 11) is 0. The first-order valence-electron chi connectivity index (χ1n) is 7.04. The van der Waals surface area contributed by atoms with E-state index in [9.17, 15) is 0 Å². The Hall–Kier alpha value is -1.61. The van der Waals surface area contributed by atoms with E-state index >= 15 is 0 Å². The van der Waals surface area contributed by atoms with Crippen LogP contribution in [0.25, 0.3) is 0 Å². The van der Waals surface area contributed by atoms with Crippen molar-refractivity contribution in [1.82, 2.24) is 10.3 Å². The summed E-state index contributed by atoms with van der Waals surface area (Å²) in [5.41, 5.74) is 2.40. The van der Waals surface area contributed by atoms with Crippen molar-refractivity contribution in [2.45, 2.75) is 32.1 Å². The summed E-state index contributed by atoms with van der Waals surface area (Å²) in [5, 5.41) is 3.44. The molecule has 1 aromatic carbocycles. The summed E-state index contributed by atoms with van der Waals surface area (Å²) in [5.74, 6) is 2.34. The fourth-order valence-corrected chi connectivity index (χ4v) is 2.77. The van der Waals surface area contributed by atoms with Crippen LogP contribution in [0.15, 0.2) is 34.7 Å². The van der Waals surface area contributed by atoms with E-state index in [-0.39, 0.29) is 0 Å². The van der Waals surface area contributed by atoms with E-state index in [1.54, 1.807) is 0 Å². The average molecular weight is 256 g/mol. The standard InChI is InChI=1S/C16H20N2O/c1-12-16(14-8-5-9-17-11-14)18-15(19-12)10-13-6-3-2-4-7-13/h2-4,6-7,14,17H,5,8-11H2,1H3. The molecule has 2 aromatic rings. The zero-order valence-corrected chi connectivity index (χ0v) is 11.4. The molecule has 3 heteroatoms. The molecule has 1 N–H and O–H groups in total. The third kappa shape index (κ3) is 2.87. The number of hydrogen-bond acceptors (Lipinski definition) is 3. The highest BCUT2D eigenvalue weighted by atomic mass is 16.4. The summed E-state index contributed by atoms with van der Waals surface area (Å²) < 4.78 is 5.83. The maximum Gasteiger partial charge on any atom is 0.199 e. The maximum absolute atomic E-state index is 5.83. The third-order valence-electron chi connectivity index (χ3n) is 3.76. The third-order valence-corrected chi connectivity index (χ3v) is 3.76. The molecule has 0 aliphatic carbocycles. The zero-order chi connectivity index (χ0) is 13.1. The highest BCUT2D eigenvalue weighted by Crippen LogP contribution is 2.26. The van der Waals surface area contributed by atoms with Crippen molar-refractivity contribution in [3.8, 4) is 0 Å². The molecule has 1 saturated heterocycles. The Labute approximate surface area is 114 Å². The highest BCUT2D eigenvalue weighted by Gasteiger charge is 2.21. The molecule has 1 fully saturated rings. The summed E-state index contributed by atoms with van der Waals surface area (Å²) >= 11 is 0. The minimum absolute atomic E-state index is 0.516. The van der Waals surface area contributed by atoms with Gasteiger partial charge in [0, 0.05) is 18.9 Å². The Bertz CT molecular complexity index is 527. The largest absolute Gasteiger partial charge is 0.445 e. The van der Waals surface area contributed by atoms with Gasteiger partial charge in [0.25, 0.3) is 0 Å². The molecule has 0 saturated carbocycles. The Morgan fingerprint density at radius 3 is 2.89 bits per heavy atom. The van der Waals surface area contributed by atoms with E-state index in [1.165, 1.54) is 18.4 Å². The Morgan fingerprint density at radius 1 is 1.32 bits per heavy atom. The van der Waals surface area contributed by atoms with Gasteiger partial charge in [-0.2, -0.15) is 0 Å². The second-order valence-electron chi connectivity index (χ2n) is 5.25. The lowest BCUT2D eigenvalue weighted by Gasteiger charge is -2.21. The summed E-state index contributed by atoms with van der Waals surface area (Å²) in [6, 6.07) is 10.4. The molecule has 19 heavy (non-hydrogen) atoms. The number of benzene rings is 1. The maximum atomic E-state index is 5.83. The van der Waals surface area contributed by atoms with Crippen molar-refractivity contribution in [2.24, 2.45) is 0 Å². The van der Waals surface area contributed by atoms with Crippen LogP contribution >= 0.6 is 0 Å². The summed E-state index contributed by atoms with van der Waals surface area (Å²) in [6.45, 7) is 4.19. The van der Waals surface area contributed by atoms with Crippen molar-refractivity contribution in [3.63, 3.8) is 0 Å². The first-order valence-corrected chi connectivity index (χ1v) is 7.04. The average Bonchev–Trinajstić information content (AvgIpc) is 2.82. The number of oxazole rings is 1. The molecular formula is C16H20N2O. The second kappa shape index (κ2) is 5.57. The number of aryl methyl sites for hydroxylation is 1. The molecular weight excluding hydrogens is 236 g/mol. The number of hydrogen-bond donors (Lipinski definition) is 1. The predicted octanol–water partition coefficient (Wildman–Crippen LogP) is 3.04. The zero-order valence-electron chi connectivity index (χ0n) is 11.4. The van der Waals surface area contributed by atoms with Crippen molar-refractivity contribution >= 4 is 0 Å². The molecule has 1 unspecified atom stereocenters. The molecule has 0 spiro atoms. The van der Waals surface area contributed by atoms with Crippen LogP contribution in [0.2, 0.25) is 0 Å². The van der Waals surface area contributed by atoms with Crippen LogP contribution < -0.4 is 5.32 Å². The molecule has 0 bridgehead atoms. The fraction of sp³-hybridized carbons (Fsp3) is 0.438. The highest BCUT2D eigenvalue weighted by molar-refractivity contribution is 5.21. The lowest BCUT2D eigenvalue weighted by molar-refractivity contribution is 0.445. The van der Waals surface area contributed by atoms with Gasteiger partial charge in [-0.05, 0) is 31.9 Å². The summed E-state index contributed by atoms with van der Waals surface area (Å²) in [6.07, 6.45) is 3.22. The summed E-state index contributed by atoms with van der Waals surface area (Å²) in [4.78, 5) is 4.72. The van der Waals surface area contributed by atoms with Crippen molar-refractivity contribution in [2.75, 3.05) is 13.1 Å². The first kappa shape index (κ1) is 12.4. The van der Waals surface area contributed by atoms with E-state index in [2.05, 4.69) is 29.6 Å². The molecule has 1 atom stereocenters. The van der Waals surface area contributed by atoms with Crippen molar-refractivity contribution < 1.29 is 4.42 Å². The van der Waals surface area contributed by atoms with Gasteiger partial charge in [-0.3, -0.25) is 0 Å². The Kier molecular flexibility index (Phi) is 3.65. The van der Waals surface area contributed by atoms with E-state index in [0.717, 1.165) is 36.9 Å². The molecule has 1 aliphatic heterocycles. The predicted molar refractivity (Wildman–Crippen MR) is 75.3 cm³/mol. The lowest BCUT2D eigenvalue weighted by Crippen LogP contribution is -2.28. The van der Waals surface area contributed by atoms with Crippen molar-refractivity contribution in [3.05, 3.63) is 53.2 Å². The Morgan fingerprint density at radius 2 is 2.16 bits per heavy atom. The van der Waals surface area contributed by atoms with Crippen molar-refractivity contribution in [1.29, 1.82) is 0 Å². The van der Waals surface area contributed by atoms with Gasteiger partial charge in [0.15, 0.2) is 5.89 Å². The van der Waals surface area contributed by atoms with Gasteiger partial charge in [-0.1, -0.05) is 30.3 Å². The van der Waals surface area contributed by atoms with Gasteiger partial charge < -0.3 is 9.73 Å². The number of nitrogens with one attached hydrogen (secondary N) is 1. The van der Waals surface area contributed by atoms with E-state index in [0.29, 0.717) is 5.92 Å². The van der Waals surface area contributed by atoms with E-state index in [1.807, 2.05) is 13.0 Å². The monoisotopic (exact) mass is 256 g/mol. The van der Waals surface area contributed by atoms with E-state index in [4.69, 9.17) is 9.40 Å². The van der Waals surface area contributed by atoms with Crippen LogP contribution in [0.1, 0.15) is 41.7 Å². The number of piperidine rings is 1. The normalized spacial score (nSPS) is 19.5. The topological polar surface area (TPSA) is 38.1 Å². The van der Waals surface area contributed by atoms with Crippen LogP contribution in [-0.2, 0) is 6.42 Å². The van der Waals surface area contributed by atoms with Gasteiger partial charge >= 0.3 is 0 Å². The van der Waals surface area contributed by atoms with Crippen LogP contribution in [-0.4, -0.2) is 18.1 Å². The molecule has 1 aromatic heterocycles. The minimum atomic E-state index is 0.516. The smallest absolute Gasteiger partial charge is 0.199 e. The molecule has 3 nitrogen and oxygen atoms in total. The second-order valence-corrected chi connectivity index (χ2v) is 5.25. The minimum Gasteiger partial charge on any atom is -0.445 e. The van der Waals surface area contributed by atoms with Gasteiger partial charge in [0.05, 0.1) is 5.69 Å². The van der Waals surface area contributed by atoms with Gasteiger partial charge in [0.1, 0.15) is 5.76 Å². The lowest BCUT2D eigenvalue weighted by atomic mass is 9.95.